The zero-order valence-electron chi connectivity index (χ0n) is 15.2. The smallest absolute Gasteiger partial charge is 0.259 e. The number of allylic oxidation sites excluding steroid dienone is 1. The largest absolute Gasteiger partial charge is 0.496 e. The first kappa shape index (κ1) is 19.6. The molecule has 3 rings (SSSR count). The number of hydrogen-bond acceptors (Lipinski definition) is 3. The third-order valence-electron chi connectivity index (χ3n) is 4.08. The lowest BCUT2D eigenvalue weighted by atomic mass is 10.1. The fourth-order valence-electron chi connectivity index (χ4n) is 2.59. The summed E-state index contributed by atoms with van der Waals surface area (Å²) >= 11 is 3.38. The van der Waals surface area contributed by atoms with E-state index in [0.717, 1.165) is 10.0 Å². The van der Waals surface area contributed by atoms with Crippen molar-refractivity contribution >= 4 is 39.4 Å². The number of ether oxygens (including phenoxy) is 1. The molecular weight excluding hydrogens is 418 g/mol. The van der Waals surface area contributed by atoms with E-state index in [1.807, 2.05) is 24.3 Å². The lowest BCUT2D eigenvalue weighted by molar-refractivity contribution is 0.102. The number of ketones is 1. The average molecular weight is 436 g/mol. The number of carbonyl (C=O) groups excluding carboxylic acids is 2. The summed E-state index contributed by atoms with van der Waals surface area (Å²) in [5.74, 6) is 0.127. The topological polar surface area (TPSA) is 55.4 Å². The van der Waals surface area contributed by atoms with Crippen molar-refractivity contribution in [3.63, 3.8) is 0 Å². The molecular formula is C23H18BrNO3. The normalized spacial score (nSPS) is 10.6. The van der Waals surface area contributed by atoms with Crippen molar-refractivity contribution in [3.05, 3.63) is 100 Å². The van der Waals surface area contributed by atoms with Crippen molar-refractivity contribution < 1.29 is 14.3 Å². The van der Waals surface area contributed by atoms with Crippen molar-refractivity contribution in [1.82, 2.24) is 0 Å². The van der Waals surface area contributed by atoms with E-state index in [9.17, 15) is 9.59 Å². The van der Waals surface area contributed by atoms with Crippen LogP contribution in [0.1, 0.15) is 26.3 Å². The van der Waals surface area contributed by atoms with Crippen molar-refractivity contribution in [2.45, 2.75) is 0 Å². The Morgan fingerprint density at radius 3 is 2.29 bits per heavy atom. The van der Waals surface area contributed by atoms with Gasteiger partial charge in [-0.2, -0.15) is 0 Å². The number of benzene rings is 3. The quantitative estimate of drug-likeness (QED) is 0.404. The van der Waals surface area contributed by atoms with E-state index in [0.29, 0.717) is 22.6 Å². The van der Waals surface area contributed by atoms with Crippen LogP contribution >= 0.6 is 15.9 Å². The lowest BCUT2D eigenvalue weighted by Crippen LogP contribution is -2.13. The van der Waals surface area contributed by atoms with Gasteiger partial charge in [0.05, 0.1) is 12.7 Å². The van der Waals surface area contributed by atoms with Crippen LogP contribution < -0.4 is 10.1 Å². The molecule has 3 aromatic rings. The highest BCUT2D eigenvalue weighted by Gasteiger charge is 2.11. The molecule has 0 bridgehead atoms. The van der Waals surface area contributed by atoms with Gasteiger partial charge in [-0.15, -0.1) is 0 Å². The lowest BCUT2D eigenvalue weighted by Gasteiger charge is -2.09. The average Bonchev–Trinajstić information content (AvgIpc) is 2.73. The molecule has 0 unspecified atom stereocenters. The molecule has 0 atom stereocenters. The highest BCUT2D eigenvalue weighted by Crippen LogP contribution is 2.19. The Kier molecular flexibility index (Phi) is 6.40. The second kappa shape index (κ2) is 9.15. The molecule has 1 amide bonds. The number of carbonyl (C=O) groups is 2. The van der Waals surface area contributed by atoms with Crippen molar-refractivity contribution in [3.8, 4) is 5.75 Å². The highest BCUT2D eigenvalue weighted by molar-refractivity contribution is 9.10. The maximum atomic E-state index is 12.4. The van der Waals surface area contributed by atoms with Crippen LogP contribution in [0, 0.1) is 0 Å². The number of halogens is 1. The standard InChI is InChI=1S/C23H18BrNO3/c1-28-22-5-3-2-4-20(22)23(27)25-19-13-9-17(10-14-19)21(26)15-8-16-6-11-18(24)12-7-16/h2-15H,1H3,(H,25,27)/b15-8+. The molecule has 0 aromatic heterocycles. The molecule has 3 aromatic carbocycles. The first-order chi connectivity index (χ1) is 13.6. The van der Waals surface area contributed by atoms with Gasteiger partial charge in [-0.25, -0.2) is 0 Å². The Hall–Kier alpha value is -3.18. The zero-order valence-corrected chi connectivity index (χ0v) is 16.8. The van der Waals surface area contributed by atoms with Crippen LogP contribution in [-0.2, 0) is 0 Å². The van der Waals surface area contributed by atoms with Crippen LogP contribution in [-0.4, -0.2) is 18.8 Å². The molecule has 0 aliphatic heterocycles. The molecule has 0 saturated carbocycles. The summed E-state index contributed by atoms with van der Waals surface area (Å²) in [6.07, 6.45) is 3.30. The van der Waals surface area contributed by atoms with Gasteiger partial charge in [-0.1, -0.05) is 46.3 Å². The third kappa shape index (κ3) is 4.96. The van der Waals surface area contributed by atoms with Gasteiger partial charge in [-0.05, 0) is 60.2 Å². The predicted molar refractivity (Wildman–Crippen MR) is 115 cm³/mol. The molecule has 0 heterocycles. The van der Waals surface area contributed by atoms with E-state index in [1.165, 1.54) is 13.2 Å². The van der Waals surface area contributed by atoms with Gasteiger partial charge in [0.25, 0.3) is 5.91 Å². The summed E-state index contributed by atoms with van der Waals surface area (Å²) in [6.45, 7) is 0. The number of nitrogens with one attached hydrogen (secondary N) is 1. The fraction of sp³-hybridized carbons (Fsp3) is 0.0435. The van der Waals surface area contributed by atoms with Crippen LogP contribution in [0.3, 0.4) is 0 Å². The SMILES string of the molecule is COc1ccccc1C(=O)Nc1ccc(C(=O)/C=C/c2ccc(Br)cc2)cc1. The van der Waals surface area contributed by atoms with Gasteiger partial charge >= 0.3 is 0 Å². The minimum atomic E-state index is -0.272. The van der Waals surface area contributed by atoms with Crippen LogP contribution in [0.2, 0.25) is 0 Å². The number of para-hydroxylation sites is 1. The number of hydrogen-bond donors (Lipinski definition) is 1. The van der Waals surface area contributed by atoms with Crippen molar-refractivity contribution in [1.29, 1.82) is 0 Å². The Balaban J connectivity index is 1.66. The molecule has 4 nitrogen and oxygen atoms in total. The van der Waals surface area contributed by atoms with Crippen molar-refractivity contribution in [2.75, 3.05) is 12.4 Å². The molecule has 0 spiro atoms. The summed E-state index contributed by atoms with van der Waals surface area (Å²) in [7, 11) is 1.52. The molecule has 1 N–H and O–H groups in total. The number of amides is 1. The summed E-state index contributed by atoms with van der Waals surface area (Å²) < 4.78 is 6.20. The fourth-order valence-corrected chi connectivity index (χ4v) is 2.85. The Bertz CT molecular complexity index is 1010. The Morgan fingerprint density at radius 1 is 0.929 bits per heavy atom. The second-order valence-electron chi connectivity index (χ2n) is 5.98. The molecule has 0 radical (unpaired) electrons. The minimum absolute atomic E-state index is 0.106. The van der Waals surface area contributed by atoms with Gasteiger partial charge in [0.2, 0.25) is 0 Å². The molecule has 0 aliphatic rings. The number of anilines is 1. The molecule has 0 fully saturated rings. The van der Waals surface area contributed by atoms with Crippen LogP contribution in [0.15, 0.2) is 83.3 Å². The first-order valence-corrected chi connectivity index (χ1v) is 9.38. The van der Waals surface area contributed by atoms with Gasteiger partial charge in [0.15, 0.2) is 5.78 Å². The highest BCUT2D eigenvalue weighted by atomic mass is 79.9. The zero-order chi connectivity index (χ0) is 19.9. The van der Waals surface area contributed by atoms with E-state index in [2.05, 4.69) is 21.2 Å². The molecule has 0 saturated heterocycles. The first-order valence-electron chi connectivity index (χ1n) is 8.59. The molecule has 140 valence electrons. The van der Waals surface area contributed by atoms with E-state index in [4.69, 9.17) is 4.74 Å². The Labute approximate surface area is 172 Å². The van der Waals surface area contributed by atoms with Gasteiger partial charge in [0, 0.05) is 15.7 Å². The summed E-state index contributed by atoms with van der Waals surface area (Å²) in [5.41, 5.74) is 2.54. The minimum Gasteiger partial charge on any atom is -0.496 e. The van der Waals surface area contributed by atoms with E-state index in [-0.39, 0.29) is 11.7 Å². The molecule has 28 heavy (non-hydrogen) atoms. The number of rotatable bonds is 6. The predicted octanol–water partition coefficient (Wildman–Crippen LogP) is 5.61. The van der Waals surface area contributed by atoms with Crippen LogP contribution in [0.4, 0.5) is 5.69 Å². The summed E-state index contributed by atoms with van der Waals surface area (Å²) in [6, 6.07) is 21.5. The van der Waals surface area contributed by atoms with Gasteiger partial charge in [-0.3, -0.25) is 9.59 Å². The maximum Gasteiger partial charge on any atom is 0.259 e. The number of methoxy groups -OCH3 is 1. The second-order valence-corrected chi connectivity index (χ2v) is 6.90. The van der Waals surface area contributed by atoms with E-state index in [1.54, 1.807) is 54.6 Å². The molecule has 0 aliphatic carbocycles. The summed E-state index contributed by atoms with van der Waals surface area (Å²) in [5, 5.41) is 2.81. The van der Waals surface area contributed by atoms with E-state index >= 15 is 0 Å². The van der Waals surface area contributed by atoms with Crippen LogP contribution in [0.25, 0.3) is 6.08 Å². The maximum absolute atomic E-state index is 12.4. The Morgan fingerprint density at radius 2 is 1.61 bits per heavy atom. The monoisotopic (exact) mass is 435 g/mol. The third-order valence-corrected chi connectivity index (χ3v) is 4.60. The van der Waals surface area contributed by atoms with E-state index < -0.39 is 0 Å². The van der Waals surface area contributed by atoms with Gasteiger partial charge in [0.1, 0.15) is 5.75 Å². The summed E-state index contributed by atoms with van der Waals surface area (Å²) in [4.78, 5) is 24.7. The molecule has 5 heteroatoms. The van der Waals surface area contributed by atoms with Crippen LogP contribution in [0.5, 0.6) is 5.75 Å². The van der Waals surface area contributed by atoms with Crippen molar-refractivity contribution in [2.24, 2.45) is 0 Å². The van der Waals surface area contributed by atoms with Gasteiger partial charge < -0.3 is 10.1 Å².